The number of anilines is 2. The smallest absolute Gasteiger partial charge is 0.245 e. The van der Waals surface area contributed by atoms with Gasteiger partial charge in [-0.3, -0.25) is 0 Å². The minimum absolute atomic E-state index is 0.0566. The van der Waals surface area contributed by atoms with Gasteiger partial charge in [0.15, 0.2) is 0 Å². The van der Waals surface area contributed by atoms with Gasteiger partial charge < -0.3 is 4.90 Å². The molecule has 0 N–H and O–H groups in total. The van der Waals surface area contributed by atoms with Crippen LogP contribution in [-0.4, -0.2) is 32.4 Å². The van der Waals surface area contributed by atoms with E-state index in [-0.39, 0.29) is 6.04 Å². The third-order valence-electron chi connectivity index (χ3n) is 5.55. The molecule has 1 atom stereocenters. The van der Waals surface area contributed by atoms with Crippen molar-refractivity contribution < 1.29 is 8.42 Å². The number of fused-ring (bicyclic) bond motifs is 1. The Morgan fingerprint density at radius 3 is 2.46 bits per heavy atom. The van der Waals surface area contributed by atoms with Gasteiger partial charge in [0.25, 0.3) is 0 Å². The predicted octanol–water partition coefficient (Wildman–Crippen LogP) is 5.04. The van der Waals surface area contributed by atoms with Crippen LogP contribution >= 0.6 is 27.5 Å². The predicted molar refractivity (Wildman–Crippen MR) is 109 cm³/mol. The lowest BCUT2D eigenvalue weighted by Gasteiger charge is -2.39. The molecule has 0 spiro atoms. The van der Waals surface area contributed by atoms with Crippen molar-refractivity contribution in [3.05, 3.63) is 52.0 Å². The molecule has 0 saturated heterocycles. The van der Waals surface area contributed by atoms with Gasteiger partial charge in [-0.2, -0.15) is 4.31 Å². The second kappa shape index (κ2) is 6.82. The number of halogens is 2. The zero-order chi connectivity index (χ0) is 18.5. The molecule has 1 fully saturated rings. The van der Waals surface area contributed by atoms with E-state index in [1.165, 1.54) is 6.42 Å². The molecule has 2 aromatic rings. The lowest BCUT2D eigenvalue weighted by Crippen LogP contribution is -2.47. The van der Waals surface area contributed by atoms with Gasteiger partial charge in [-0.15, -0.1) is 0 Å². The normalized spacial score (nSPS) is 23.2. The number of likely N-dealkylation sites (N-methyl/N-ethyl adjacent to an activating group) is 1. The minimum atomic E-state index is -3.60. The van der Waals surface area contributed by atoms with Gasteiger partial charge in [0.05, 0.1) is 10.7 Å². The molecule has 2 aliphatic rings. The van der Waals surface area contributed by atoms with E-state index in [1.807, 2.05) is 30.3 Å². The second-order valence-electron chi connectivity index (χ2n) is 6.96. The molecular weight excluding hydrogens is 436 g/mol. The molecule has 4 rings (SSSR count). The fourth-order valence-electron chi connectivity index (χ4n) is 3.79. The molecule has 138 valence electrons. The van der Waals surface area contributed by atoms with E-state index in [4.69, 9.17) is 11.6 Å². The van der Waals surface area contributed by atoms with E-state index in [9.17, 15) is 8.42 Å². The van der Waals surface area contributed by atoms with Gasteiger partial charge in [-0.1, -0.05) is 36.2 Å². The van der Waals surface area contributed by atoms with Crippen LogP contribution < -0.4 is 4.90 Å². The molecule has 0 radical (unpaired) electrons. The quantitative estimate of drug-likeness (QED) is 0.637. The van der Waals surface area contributed by atoms with Crippen LogP contribution in [0, 0.1) is 5.92 Å². The lowest BCUT2D eigenvalue weighted by molar-refractivity contribution is 0.185. The number of hydrogen-bond acceptors (Lipinski definition) is 3. The average molecular weight is 456 g/mol. The molecule has 0 aromatic heterocycles. The Kier molecular flexibility index (Phi) is 4.80. The zero-order valence-electron chi connectivity index (χ0n) is 14.4. The standard InChI is InChI=1S/C19H20BrClN2O2S/c1-22-18(13-6-5-7-13)12-23(14-8-3-2-4-9-14)17-11-16(21)15(20)10-19(17)26(22,24)25/h2-4,8-11,13,18H,5-7,12H2,1H3. The van der Waals surface area contributed by atoms with Crippen LogP contribution in [0.1, 0.15) is 19.3 Å². The fraction of sp³-hybridized carbons (Fsp3) is 0.368. The summed E-state index contributed by atoms with van der Waals surface area (Å²) in [5.74, 6) is 0.397. The largest absolute Gasteiger partial charge is 0.339 e. The zero-order valence-corrected chi connectivity index (χ0v) is 17.6. The SMILES string of the molecule is CN1C(C2CCC2)CN(c2ccccc2)c2cc(Cl)c(Br)cc2S1(=O)=O. The Morgan fingerprint density at radius 2 is 1.85 bits per heavy atom. The van der Waals surface area contributed by atoms with E-state index in [0.29, 0.717) is 32.5 Å². The first kappa shape index (κ1) is 18.3. The number of para-hydroxylation sites is 1. The Morgan fingerprint density at radius 1 is 1.15 bits per heavy atom. The lowest BCUT2D eigenvalue weighted by atomic mass is 9.79. The number of benzene rings is 2. The van der Waals surface area contributed by atoms with Gasteiger partial charge in [0, 0.05) is 29.8 Å². The van der Waals surface area contributed by atoms with Crippen molar-refractivity contribution >= 4 is 48.9 Å². The van der Waals surface area contributed by atoms with Gasteiger partial charge in [0.2, 0.25) is 10.0 Å². The van der Waals surface area contributed by atoms with E-state index < -0.39 is 10.0 Å². The van der Waals surface area contributed by atoms with Crippen LogP contribution in [0.25, 0.3) is 0 Å². The highest BCUT2D eigenvalue weighted by Crippen LogP contribution is 2.44. The number of rotatable bonds is 2. The highest BCUT2D eigenvalue weighted by Gasteiger charge is 2.42. The summed E-state index contributed by atoms with van der Waals surface area (Å²) in [4.78, 5) is 2.39. The molecule has 1 heterocycles. The van der Waals surface area contributed by atoms with Crippen LogP contribution in [0.15, 0.2) is 51.8 Å². The Hall–Kier alpha value is -1.08. The average Bonchev–Trinajstić information content (AvgIpc) is 2.65. The second-order valence-corrected chi connectivity index (χ2v) is 10.2. The fourth-order valence-corrected chi connectivity index (χ4v) is 6.05. The van der Waals surface area contributed by atoms with Crippen molar-refractivity contribution in [2.75, 3.05) is 18.5 Å². The highest BCUT2D eigenvalue weighted by molar-refractivity contribution is 9.10. The first-order valence-corrected chi connectivity index (χ1v) is 11.3. The molecular formula is C19H20BrClN2O2S. The Bertz CT molecular complexity index is 932. The molecule has 4 nitrogen and oxygen atoms in total. The monoisotopic (exact) mass is 454 g/mol. The topological polar surface area (TPSA) is 40.6 Å². The van der Waals surface area contributed by atoms with Crippen LogP contribution in [-0.2, 0) is 10.0 Å². The Labute approximate surface area is 167 Å². The number of hydrogen-bond donors (Lipinski definition) is 0. The summed E-state index contributed by atoms with van der Waals surface area (Å²) in [5, 5.41) is 0.504. The van der Waals surface area contributed by atoms with Crippen molar-refractivity contribution in [2.45, 2.75) is 30.2 Å². The molecule has 1 saturated carbocycles. The first-order chi connectivity index (χ1) is 12.4. The molecule has 1 aliphatic carbocycles. The third-order valence-corrected chi connectivity index (χ3v) is 8.66. The summed E-state index contributed by atoms with van der Waals surface area (Å²) in [7, 11) is -1.90. The van der Waals surface area contributed by atoms with Crippen molar-refractivity contribution in [1.29, 1.82) is 0 Å². The third kappa shape index (κ3) is 2.97. The summed E-state index contributed by atoms with van der Waals surface area (Å²) >= 11 is 9.72. The molecule has 0 amide bonds. The molecule has 26 heavy (non-hydrogen) atoms. The molecule has 2 aromatic carbocycles. The van der Waals surface area contributed by atoms with Crippen molar-refractivity contribution in [1.82, 2.24) is 4.31 Å². The maximum absolute atomic E-state index is 13.4. The van der Waals surface area contributed by atoms with Crippen molar-refractivity contribution in [2.24, 2.45) is 5.92 Å². The summed E-state index contributed by atoms with van der Waals surface area (Å²) in [6, 6.07) is 13.2. The van der Waals surface area contributed by atoms with E-state index >= 15 is 0 Å². The van der Waals surface area contributed by atoms with Crippen LogP contribution in [0.5, 0.6) is 0 Å². The molecule has 1 aliphatic heterocycles. The highest BCUT2D eigenvalue weighted by atomic mass is 79.9. The van der Waals surface area contributed by atoms with E-state index in [1.54, 1.807) is 23.5 Å². The van der Waals surface area contributed by atoms with Crippen molar-refractivity contribution in [3.8, 4) is 0 Å². The van der Waals surface area contributed by atoms with Gasteiger partial charge in [-0.05, 0) is 59.0 Å². The van der Waals surface area contributed by atoms with Gasteiger partial charge in [0.1, 0.15) is 4.90 Å². The summed E-state index contributed by atoms with van der Waals surface area (Å²) in [6.07, 6.45) is 3.33. The summed E-state index contributed by atoms with van der Waals surface area (Å²) < 4.78 is 28.9. The van der Waals surface area contributed by atoms with Crippen LogP contribution in [0.2, 0.25) is 5.02 Å². The maximum Gasteiger partial charge on any atom is 0.245 e. The van der Waals surface area contributed by atoms with Gasteiger partial charge in [-0.25, -0.2) is 8.42 Å². The van der Waals surface area contributed by atoms with E-state index in [2.05, 4.69) is 20.8 Å². The molecule has 7 heteroatoms. The number of sulfonamides is 1. The summed E-state index contributed by atoms with van der Waals surface area (Å²) in [5.41, 5.74) is 1.61. The van der Waals surface area contributed by atoms with E-state index in [0.717, 1.165) is 18.5 Å². The molecule has 1 unspecified atom stereocenters. The van der Waals surface area contributed by atoms with Gasteiger partial charge >= 0.3 is 0 Å². The first-order valence-electron chi connectivity index (χ1n) is 8.69. The maximum atomic E-state index is 13.4. The van der Waals surface area contributed by atoms with Crippen LogP contribution in [0.3, 0.4) is 0 Å². The number of nitrogens with zero attached hydrogens (tertiary/aromatic N) is 2. The molecule has 0 bridgehead atoms. The van der Waals surface area contributed by atoms with Crippen molar-refractivity contribution in [3.63, 3.8) is 0 Å². The minimum Gasteiger partial charge on any atom is -0.339 e. The van der Waals surface area contributed by atoms with Crippen LogP contribution in [0.4, 0.5) is 11.4 Å². The summed E-state index contributed by atoms with van der Waals surface area (Å²) in [6.45, 7) is 0.620. The Balaban J connectivity index is 1.94.